The molecule has 5 heteroatoms. The van der Waals surface area contributed by atoms with Crippen LogP contribution in [0.3, 0.4) is 0 Å². The zero-order chi connectivity index (χ0) is 10.7. The summed E-state index contributed by atoms with van der Waals surface area (Å²) in [5, 5.41) is 9.91. The number of rotatable bonds is 3. The first-order valence-corrected chi connectivity index (χ1v) is 5.48. The van der Waals surface area contributed by atoms with Crippen LogP contribution in [0, 0.1) is 6.92 Å². The Kier molecular flexibility index (Phi) is 3.03. The lowest BCUT2D eigenvalue weighted by Crippen LogP contribution is -2.04. The third-order valence-electron chi connectivity index (χ3n) is 2.02. The second-order valence-corrected chi connectivity index (χ2v) is 4.19. The van der Waals surface area contributed by atoms with E-state index in [-0.39, 0.29) is 0 Å². The van der Waals surface area contributed by atoms with Crippen molar-refractivity contribution < 1.29 is 5.11 Å². The third-order valence-corrected chi connectivity index (χ3v) is 2.82. The topological polar surface area (TPSA) is 58.9 Å². The molecular weight excluding hydrogens is 210 g/mol. The summed E-state index contributed by atoms with van der Waals surface area (Å²) in [5.74, 6) is 0.677. The van der Waals surface area contributed by atoms with Gasteiger partial charge in [-0.2, -0.15) is 0 Å². The number of aliphatic hydroxyl groups is 1. The van der Waals surface area contributed by atoms with Crippen LogP contribution in [-0.2, 0) is 6.42 Å². The average molecular weight is 221 g/mol. The van der Waals surface area contributed by atoms with Gasteiger partial charge < -0.3 is 5.11 Å². The number of aliphatic hydroxyl groups excluding tert-OH is 1. The maximum Gasteiger partial charge on any atom is 0.125 e. The first-order chi connectivity index (χ1) is 7.25. The summed E-state index contributed by atoms with van der Waals surface area (Å²) in [4.78, 5) is 13.2. The lowest BCUT2D eigenvalue weighted by atomic mass is 10.1. The van der Waals surface area contributed by atoms with Crippen LogP contribution in [0.4, 0.5) is 0 Å². The van der Waals surface area contributed by atoms with E-state index in [1.165, 1.54) is 11.3 Å². The van der Waals surface area contributed by atoms with Gasteiger partial charge in [0.25, 0.3) is 0 Å². The molecule has 2 aromatic heterocycles. The minimum Gasteiger partial charge on any atom is -0.386 e. The van der Waals surface area contributed by atoms with Crippen molar-refractivity contribution in [3.05, 3.63) is 40.4 Å². The summed E-state index contributed by atoms with van der Waals surface area (Å²) in [7, 11) is 0. The fourth-order valence-electron chi connectivity index (χ4n) is 1.30. The van der Waals surface area contributed by atoms with Gasteiger partial charge in [-0.25, -0.2) is 9.97 Å². The SMILES string of the molecule is Cc1nccc(C(O)Cc2cncs2)n1. The molecule has 1 atom stereocenters. The number of nitrogens with zero attached hydrogens (tertiary/aromatic N) is 3. The molecule has 0 spiro atoms. The number of hydrogen-bond acceptors (Lipinski definition) is 5. The number of aryl methyl sites for hydroxylation is 1. The molecule has 2 heterocycles. The normalized spacial score (nSPS) is 12.7. The summed E-state index contributed by atoms with van der Waals surface area (Å²) in [6, 6.07) is 1.73. The molecule has 1 N–H and O–H groups in total. The van der Waals surface area contributed by atoms with Crippen molar-refractivity contribution in [2.24, 2.45) is 0 Å². The fraction of sp³-hybridized carbons (Fsp3) is 0.300. The van der Waals surface area contributed by atoms with Crippen LogP contribution in [-0.4, -0.2) is 20.1 Å². The molecule has 0 aliphatic carbocycles. The molecule has 0 radical (unpaired) electrons. The van der Waals surface area contributed by atoms with Gasteiger partial charge in [-0.3, -0.25) is 4.98 Å². The largest absolute Gasteiger partial charge is 0.386 e. The summed E-state index contributed by atoms with van der Waals surface area (Å²) in [6.45, 7) is 1.81. The quantitative estimate of drug-likeness (QED) is 0.853. The molecule has 0 aliphatic rings. The Morgan fingerprint density at radius 2 is 2.40 bits per heavy atom. The van der Waals surface area contributed by atoms with E-state index in [2.05, 4.69) is 15.0 Å². The van der Waals surface area contributed by atoms with E-state index >= 15 is 0 Å². The van der Waals surface area contributed by atoms with Gasteiger partial charge in [0.15, 0.2) is 0 Å². The van der Waals surface area contributed by atoms with Crippen molar-refractivity contribution in [3.8, 4) is 0 Å². The maximum absolute atomic E-state index is 9.91. The highest BCUT2D eigenvalue weighted by Crippen LogP contribution is 2.18. The summed E-state index contributed by atoms with van der Waals surface area (Å²) < 4.78 is 0. The lowest BCUT2D eigenvalue weighted by Gasteiger charge is -2.08. The lowest BCUT2D eigenvalue weighted by molar-refractivity contribution is 0.174. The van der Waals surface area contributed by atoms with Crippen LogP contribution >= 0.6 is 11.3 Å². The monoisotopic (exact) mass is 221 g/mol. The first kappa shape index (κ1) is 10.2. The van der Waals surface area contributed by atoms with Crippen molar-refractivity contribution in [2.75, 3.05) is 0 Å². The molecule has 0 fully saturated rings. The summed E-state index contributed by atoms with van der Waals surface area (Å²) in [5.41, 5.74) is 2.42. The third kappa shape index (κ3) is 2.57. The van der Waals surface area contributed by atoms with Crippen LogP contribution in [0.5, 0.6) is 0 Å². The molecular formula is C10H11N3OS. The zero-order valence-electron chi connectivity index (χ0n) is 8.29. The van der Waals surface area contributed by atoms with Crippen molar-refractivity contribution in [1.29, 1.82) is 0 Å². The zero-order valence-corrected chi connectivity index (χ0v) is 9.11. The van der Waals surface area contributed by atoms with E-state index in [0.29, 0.717) is 17.9 Å². The average Bonchev–Trinajstić information content (AvgIpc) is 2.70. The molecule has 78 valence electrons. The molecule has 2 aromatic rings. The van der Waals surface area contributed by atoms with Crippen molar-refractivity contribution >= 4 is 11.3 Å². The van der Waals surface area contributed by atoms with Gasteiger partial charge in [-0.1, -0.05) is 0 Å². The van der Waals surface area contributed by atoms with Crippen LogP contribution in [0.15, 0.2) is 24.0 Å². The molecule has 1 unspecified atom stereocenters. The van der Waals surface area contributed by atoms with Crippen molar-refractivity contribution in [2.45, 2.75) is 19.4 Å². The predicted octanol–water partition coefficient (Wildman–Crippen LogP) is 1.52. The minimum atomic E-state index is -0.577. The molecule has 2 rings (SSSR count). The molecule has 15 heavy (non-hydrogen) atoms. The highest BCUT2D eigenvalue weighted by atomic mass is 32.1. The van der Waals surface area contributed by atoms with Gasteiger partial charge in [0.2, 0.25) is 0 Å². The molecule has 0 bridgehead atoms. The second kappa shape index (κ2) is 4.46. The Morgan fingerprint density at radius 1 is 1.53 bits per heavy atom. The molecule has 0 saturated heterocycles. The summed E-state index contributed by atoms with van der Waals surface area (Å²) >= 11 is 1.54. The minimum absolute atomic E-state index is 0.557. The van der Waals surface area contributed by atoms with Gasteiger partial charge >= 0.3 is 0 Å². The van der Waals surface area contributed by atoms with Crippen LogP contribution in [0.2, 0.25) is 0 Å². The molecule has 0 aromatic carbocycles. The number of aromatic nitrogens is 3. The van der Waals surface area contributed by atoms with Crippen molar-refractivity contribution in [3.63, 3.8) is 0 Å². The highest BCUT2D eigenvalue weighted by Gasteiger charge is 2.11. The highest BCUT2D eigenvalue weighted by molar-refractivity contribution is 7.09. The fourth-order valence-corrected chi connectivity index (χ4v) is 1.93. The Balaban J connectivity index is 2.11. The van der Waals surface area contributed by atoms with E-state index in [4.69, 9.17) is 0 Å². The van der Waals surface area contributed by atoms with E-state index in [9.17, 15) is 5.11 Å². The van der Waals surface area contributed by atoms with Gasteiger partial charge in [-0.15, -0.1) is 11.3 Å². The smallest absolute Gasteiger partial charge is 0.125 e. The Labute approximate surface area is 91.7 Å². The van der Waals surface area contributed by atoms with Crippen LogP contribution < -0.4 is 0 Å². The van der Waals surface area contributed by atoms with Gasteiger partial charge in [0, 0.05) is 23.7 Å². The summed E-state index contributed by atoms with van der Waals surface area (Å²) in [6.07, 6.45) is 3.41. The molecule has 0 aliphatic heterocycles. The number of thiazole rings is 1. The molecule has 0 amide bonds. The maximum atomic E-state index is 9.91. The van der Waals surface area contributed by atoms with E-state index < -0.39 is 6.10 Å². The first-order valence-electron chi connectivity index (χ1n) is 4.60. The Hall–Kier alpha value is -1.33. The Bertz CT molecular complexity index is 430. The Morgan fingerprint density at radius 3 is 3.07 bits per heavy atom. The second-order valence-electron chi connectivity index (χ2n) is 3.22. The van der Waals surface area contributed by atoms with Gasteiger partial charge in [0.1, 0.15) is 11.9 Å². The van der Waals surface area contributed by atoms with E-state index in [1.54, 1.807) is 24.0 Å². The predicted molar refractivity (Wildman–Crippen MR) is 57.5 cm³/mol. The van der Waals surface area contributed by atoms with Crippen molar-refractivity contribution in [1.82, 2.24) is 15.0 Å². The molecule has 4 nitrogen and oxygen atoms in total. The van der Waals surface area contributed by atoms with Gasteiger partial charge in [-0.05, 0) is 13.0 Å². The van der Waals surface area contributed by atoms with Crippen LogP contribution in [0.25, 0.3) is 0 Å². The van der Waals surface area contributed by atoms with Gasteiger partial charge in [0.05, 0.1) is 11.2 Å². The number of hydrogen-bond donors (Lipinski definition) is 1. The molecule has 0 saturated carbocycles. The van der Waals surface area contributed by atoms with Crippen LogP contribution in [0.1, 0.15) is 22.5 Å². The van der Waals surface area contributed by atoms with E-state index in [1.807, 2.05) is 6.92 Å². The van der Waals surface area contributed by atoms with E-state index in [0.717, 1.165) is 4.88 Å². The standard InChI is InChI=1S/C10H11N3OS/c1-7-12-3-2-9(13-7)10(14)4-8-5-11-6-15-8/h2-3,5-6,10,14H,4H2,1H3.